The van der Waals surface area contributed by atoms with Crippen LogP contribution in [-0.2, 0) is 4.84 Å². The largest absolute Gasteiger partial charge is 0.377 e. The van der Waals surface area contributed by atoms with Crippen molar-refractivity contribution in [3.63, 3.8) is 0 Å². The fourth-order valence-corrected chi connectivity index (χ4v) is 9.31. The van der Waals surface area contributed by atoms with Gasteiger partial charge in [0.15, 0.2) is 5.43 Å². The predicted molar refractivity (Wildman–Crippen MR) is 160 cm³/mol. The normalized spacial score (nSPS) is 33.5. The highest BCUT2D eigenvalue weighted by molar-refractivity contribution is 6.06. The molecule has 6 heteroatoms. The summed E-state index contributed by atoms with van der Waals surface area (Å²) in [6.45, 7) is 2.21. The molecule has 4 aliphatic carbocycles. The lowest BCUT2D eigenvalue weighted by molar-refractivity contribution is -0.0989. The van der Waals surface area contributed by atoms with Crippen molar-refractivity contribution in [2.24, 2.45) is 34.2 Å². The molecule has 3 saturated carbocycles. The molecule has 0 radical (unpaired) electrons. The van der Waals surface area contributed by atoms with Crippen LogP contribution in [-0.4, -0.2) is 27.4 Å². The summed E-state index contributed by atoms with van der Waals surface area (Å²) >= 11 is 0. The first-order valence-electron chi connectivity index (χ1n) is 15.1. The molecule has 0 amide bonds. The molecule has 0 spiro atoms. The molecule has 7 rings (SSSR count). The summed E-state index contributed by atoms with van der Waals surface area (Å²) in [5, 5.41) is 16.7. The molecule has 0 aliphatic heterocycles. The first kappa shape index (κ1) is 26.2. The van der Waals surface area contributed by atoms with Gasteiger partial charge in [-0.1, -0.05) is 41.8 Å². The Labute approximate surface area is 239 Å². The number of para-hydroxylation sites is 2. The second-order valence-electron chi connectivity index (χ2n) is 12.6. The number of H-pyrrole nitrogens is 1. The number of aliphatic hydroxyl groups is 1. The number of hydrogen-bond acceptors (Lipinski definition) is 5. The lowest BCUT2D eigenvalue weighted by Crippen LogP contribution is -2.53. The fraction of sp³-hybridized carbons (Fsp3) is 0.457. The van der Waals surface area contributed by atoms with Crippen LogP contribution in [0, 0.1) is 41.4 Å². The van der Waals surface area contributed by atoms with Crippen molar-refractivity contribution < 1.29 is 14.7 Å². The molecule has 2 N–H and O–H groups in total. The second-order valence-corrected chi connectivity index (χ2v) is 12.6. The maximum atomic E-state index is 13.2. The molecule has 6 atom stereocenters. The number of terminal acetylenes is 1. The number of nitrogens with one attached hydrogen (secondary N) is 1. The standard InChI is InChI=1S/C35H36N2O4/c1-3-34-18-16-24-23-15-13-22(20-21(23)12-14-25(24)29(34)17-19-35(34,40)4-2)37-41-33(39)28-10-7-9-27-31(28)36-30-11-6-5-8-26(30)32(27)38/h2,5-11,20,23-25,29,40H,3,12-19H2,1H3,(H,36,38)/b37-22+/t23?,24-,25-,29+,34+,35+/m1/s1. The van der Waals surface area contributed by atoms with E-state index in [1.165, 1.54) is 5.57 Å². The maximum Gasteiger partial charge on any atom is 0.367 e. The first-order chi connectivity index (χ1) is 19.9. The van der Waals surface area contributed by atoms with Gasteiger partial charge in [-0.25, -0.2) is 4.79 Å². The number of fused-ring (bicyclic) bond motifs is 7. The molecular formula is C35H36N2O4. The van der Waals surface area contributed by atoms with Crippen molar-refractivity contribution in [3.8, 4) is 12.3 Å². The van der Waals surface area contributed by atoms with Gasteiger partial charge in [-0.3, -0.25) is 4.79 Å². The molecule has 3 aromatic rings. The third-order valence-corrected chi connectivity index (χ3v) is 11.2. The van der Waals surface area contributed by atoms with Crippen LogP contribution in [0.1, 0.15) is 75.1 Å². The molecule has 3 fully saturated rings. The second kappa shape index (κ2) is 9.70. The number of aromatic nitrogens is 1. The van der Waals surface area contributed by atoms with Crippen molar-refractivity contribution >= 4 is 33.5 Å². The van der Waals surface area contributed by atoms with E-state index in [1.54, 1.807) is 24.3 Å². The Morgan fingerprint density at radius 1 is 1.07 bits per heavy atom. The first-order valence-corrected chi connectivity index (χ1v) is 15.1. The molecule has 2 aromatic carbocycles. The van der Waals surface area contributed by atoms with E-state index >= 15 is 0 Å². The lowest BCUT2D eigenvalue weighted by atomic mass is 9.49. The predicted octanol–water partition coefficient (Wildman–Crippen LogP) is 6.52. The van der Waals surface area contributed by atoms with Crippen LogP contribution in [0.5, 0.6) is 0 Å². The molecule has 4 aliphatic rings. The number of aromatic amines is 1. The van der Waals surface area contributed by atoms with Crippen LogP contribution in [0.3, 0.4) is 0 Å². The Hall–Kier alpha value is -3.69. The van der Waals surface area contributed by atoms with E-state index in [2.05, 4.69) is 29.1 Å². The van der Waals surface area contributed by atoms with Gasteiger partial charge in [0.1, 0.15) is 5.60 Å². The van der Waals surface area contributed by atoms with Crippen LogP contribution in [0.2, 0.25) is 0 Å². The minimum atomic E-state index is -0.964. The summed E-state index contributed by atoms with van der Waals surface area (Å²) in [6.07, 6.45) is 16.7. The lowest BCUT2D eigenvalue weighted by Gasteiger charge is -2.56. The Kier molecular flexibility index (Phi) is 6.21. The smallest absolute Gasteiger partial charge is 0.367 e. The van der Waals surface area contributed by atoms with Gasteiger partial charge in [0.25, 0.3) is 0 Å². The molecule has 6 nitrogen and oxygen atoms in total. The zero-order valence-corrected chi connectivity index (χ0v) is 23.5. The van der Waals surface area contributed by atoms with Crippen molar-refractivity contribution in [1.82, 2.24) is 4.98 Å². The van der Waals surface area contributed by atoms with Crippen LogP contribution < -0.4 is 5.43 Å². The molecule has 0 bridgehead atoms. The summed E-state index contributed by atoms with van der Waals surface area (Å²) in [5.74, 6) is 4.47. The van der Waals surface area contributed by atoms with E-state index in [0.29, 0.717) is 51.0 Å². The van der Waals surface area contributed by atoms with Gasteiger partial charge in [-0.2, -0.15) is 0 Å². The van der Waals surface area contributed by atoms with Crippen molar-refractivity contribution in [1.29, 1.82) is 0 Å². The Morgan fingerprint density at radius 2 is 1.90 bits per heavy atom. The van der Waals surface area contributed by atoms with Gasteiger partial charge >= 0.3 is 5.97 Å². The molecule has 1 unspecified atom stereocenters. The summed E-state index contributed by atoms with van der Waals surface area (Å²) in [6, 6.07) is 12.4. The summed E-state index contributed by atoms with van der Waals surface area (Å²) in [4.78, 5) is 34.9. The van der Waals surface area contributed by atoms with Gasteiger partial charge in [0, 0.05) is 21.7 Å². The number of carbonyl (C=O) groups is 1. The molecule has 0 saturated heterocycles. The monoisotopic (exact) mass is 548 g/mol. The molecule has 41 heavy (non-hydrogen) atoms. The number of benzene rings is 2. The maximum absolute atomic E-state index is 13.2. The van der Waals surface area contributed by atoms with Gasteiger partial charge < -0.3 is 14.9 Å². The summed E-state index contributed by atoms with van der Waals surface area (Å²) in [5.41, 5.74) is 2.43. The van der Waals surface area contributed by atoms with Crippen LogP contribution in [0.25, 0.3) is 21.8 Å². The number of allylic oxidation sites excluding steroid dienone is 2. The highest BCUT2D eigenvalue weighted by atomic mass is 16.7. The van der Waals surface area contributed by atoms with Crippen LogP contribution in [0.4, 0.5) is 0 Å². The molecule has 1 heterocycles. The average molecular weight is 549 g/mol. The summed E-state index contributed by atoms with van der Waals surface area (Å²) in [7, 11) is 0. The fourth-order valence-electron chi connectivity index (χ4n) is 9.31. The highest BCUT2D eigenvalue weighted by Crippen LogP contribution is 2.66. The minimum Gasteiger partial charge on any atom is -0.377 e. The zero-order valence-electron chi connectivity index (χ0n) is 23.5. The third kappa shape index (κ3) is 3.85. The van der Waals surface area contributed by atoms with Gasteiger partial charge in [0.05, 0.1) is 16.8 Å². The third-order valence-electron chi connectivity index (χ3n) is 11.2. The van der Waals surface area contributed by atoms with E-state index < -0.39 is 11.6 Å². The molecule has 1 aromatic heterocycles. The number of pyridine rings is 1. The zero-order chi connectivity index (χ0) is 28.4. The summed E-state index contributed by atoms with van der Waals surface area (Å²) < 4.78 is 0. The number of hydrogen-bond donors (Lipinski definition) is 2. The van der Waals surface area contributed by atoms with E-state index in [1.807, 2.05) is 18.2 Å². The van der Waals surface area contributed by atoms with E-state index in [4.69, 9.17) is 11.3 Å². The van der Waals surface area contributed by atoms with Crippen molar-refractivity contribution in [3.05, 3.63) is 69.9 Å². The highest BCUT2D eigenvalue weighted by Gasteiger charge is 2.63. The van der Waals surface area contributed by atoms with E-state index in [-0.39, 0.29) is 10.8 Å². The van der Waals surface area contributed by atoms with Gasteiger partial charge in [-0.15, -0.1) is 6.42 Å². The van der Waals surface area contributed by atoms with Crippen molar-refractivity contribution in [2.45, 2.75) is 70.3 Å². The van der Waals surface area contributed by atoms with E-state index in [0.717, 1.165) is 63.5 Å². The number of nitrogens with zero attached hydrogens (tertiary/aromatic N) is 1. The SMILES string of the molecule is C#C[C@]1(O)CC[C@H]2[C@@H]3CCC4=C/C(=N/OC(=O)c5cccc6c(=O)c7ccccc7[nH]c56)CCC4[C@H]3CC[C@@]21CC. The Balaban J connectivity index is 1.11. The molecular weight excluding hydrogens is 512 g/mol. The minimum absolute atomic E-state index is 0.116. The Morgan fingerprint density at radius 3 is 2.73 bits per heavy atom. The average Bonchev–Trinajstić information content (AvgIpc) is 3.32. The van der Waals surface area contributed by atoms with Crippen molar-refractivity contribution in [2.75, 3.05) is 0 Å². The van der Waals surface area contributed by atoms with E-state index in [9.17, 15) is 14.7 Å². The van der Waals surface area contributed by atoms with Gasteiger partial charge in [0.2, 0.25) is 0 Å². The molecule has 210 valence electrons. The number of carbonyl (C=O) groups excluding carboxylic acids is 1. The van der Waals surface area contributed by atoms with Crippen LogP contribution >= 0.6 is 0 Å². The van der Waals surface area contributed by atoms with Gasteiger partial charge in [-0.05, 0) is 112 Å². The number of rotatable bonds is 3. The van der Waals surface area contributed by atoms with Crippen LogP contribution in [0.15, 0.2) is 64.1 Å². The topological polar surface area (TPSA) is 91.8 Å². The number of oxime groups is 1. The Bertz CT molecular complexity index is 1730. The quantitative estimate of drug-likeness (QED) is 0.169.